The van der Waals surface area contributed by atoms with E-state index in [-0.39, 0.29) is 12.6 Å². The first-order chi connectivity index (χ1) is 9.61. The Morgan fingerprint density at radius 2 is 2.25 bits per heavy atom. The zero-order valence-corrected chi connectivity index (χ0v) is 12.2. The van der Waals surface area contributed by atoms with E-state index in [0.717, 1.165) is 25.1 Å². The number of nitrogens with zero attached hydrogens (tertiary/aromatic N) is 1. The Hall–Kier alpha value is -1.55. The summed E-state index contributed by atoms with van der Waals surface area (Å²) in [4.78, 5) is 13.1. The lowest BCUT2D eigenvalue weighted by Gasteiger charge is -2.33. The molecule has 110 valence electrons. The van der Waals surface area contributed by atoms with Crippen molar-refractivity contribution < 1.29 is 14.6 Å². The fraction of sp³-hybridized carbons (Fsp3) is 0.562. The number of benzene rings is 1. The average Bonchev–Trinajstić information content (AvgIpc) is 2.45. The molecular weight excluding hydrogens is 254 g/mol. The maximum Gasteiger partial charge on any atom is 0.317 e. The summed E-state index contributed by atoms with van der Waals surface area (Å²) in [5, 5.41) is 9.09. The van der Waals surface area contributed by atoms with Crippen LogP contribution in [-0.4, -0.2) is 41.7 Å². The Labute approximate surface area is 120 Å². The number of hydrogen-bond donors (Lipinski definition) is 1. The number of hydrogen-bond acceptors (Lipinski definition) is 3. The fourth-order valence-corrected chi connectivity index (χ4v) is 2.72. The van der Waals surface area contributed by atoms with Crippen LogP contribution in [0.2, 0.25) is 0 Å². The lowest BCUT2D eigenvalue weighted by molar-refractivity contribution is -0.139. The minimum atomic E-state index is -0.759. The normalized spacial score (nSPS) is 19.2. The highest BCUT2D eigenvalue weighted by molar-refractivity contribution is 5.69. The van der Waals surface area contributed by atoms with Crippen LogP contribution in [0.25, 0.3) is 0 Å². The third kappa shape index (κ3) is 3.51. The van der Waals surface area contributed by atoms with Crippen molar-refractivity contribution in [3.63, 3.8) is 0 Å². The molecule has 0 amide bonds. The lowest BCUT2D eigenvalue weighted by atomic mass is 9.92. The van der Waals surface area contributed by atoms with Crippen molar-refractivity contribution in [2.45, 2.75) is 38.6 Å². The second-order valence-electron chi connectivity index (χ2n) is 5.45. The molecule has 0 spiro atoms. The lowest BCUT2D eigenvalue weighted by Crippen LogP contribution is -2.40. The van der Waals surface area contributed by atoms with Crippen molar-refractivity contribution in [2.24, 2.45) is 0 Å². The topological polar surface area (TPSA) is 49.8 Å². The molecule has 0 bridgehead atoms. The second kappa shape index (κ2) is 6.75. The van der Waals surface area contributed by atoms with Crippen molar-refractivity contribution in [3.8, 4) is 5.75 Å². The van der Waals surface area contributed by atoms with Crippen LogP contribution in [-0.2, 0) is 4.79 Å². The first kappa shape index (κ1) is 14.9. The molecule has 1 aliphatic heterocycles. The first-order valence-corrected chi connectivity index (χ1v) is 7.29. The van der Waals surface area contributed by atoms with E-state index in [9.17, 15) is 4.79 Å². The van der Waals surface area contributed by atoms with Gasteiger partial charge in [0.25, 0.3) is 0 Å². The Kier molecular flexibility index (Phi) is 5.01. The standard InChI is InChI=1S/C16H23NO3/c1-3-12(2)17(11-16(18)19)10-13-8-9-20-15-7-5-4-6-14(13)15/h4-7,12-13H,3,8-11H2,1-2H3,(H,18,19). The average molecular weight is 277 g/mol. The highest BCUT2D eigenvalue weighted by atomic mass is 16.5. The van der Waals surface area contributed by atoms with E-state index < -0.39 is 5.97 Å². The van der Waals surface area contributed by atoms with E-state index in [0.29, 0.717) is 12.5 Å². The molecule has 0 saturated carbocycles. The van der Waals surface area contributed by atoms with Crippen molar-refractivity contribution in [1.29, 1.82) is 0 Å². The number of para-hydroxylation sites is 1. The molecule has 4 nitrogen and oxygen atoms in total. The first-order valence-electron chi connectivity index (χ1n) is 7.29. The molecule has 1 N–H and O–H groups in total. The third-order valence-electron chi connectivity index (χ3n) is 4.09. The summed E-state index contributed by atoms with van der Waals surface area (Å²) >= 11 is 0. The minimum Gasteiger partial charge on any atom is -0.493 e. The predicted octanol–water partition coefficient (Wildman–Crippen LogP) is 2.74. The number of carboxylic acids is 1. The minimum absolute atomic E-state index is 0.106. The monoisotopic (exact) mass is 277 g/mol. The van der Waals surface area contributed by atoms with Crippen LogP contribution < -0.4 is 4.74 Å². The van der Waals surface area contributed by atoms with Crippen LogP contribution in [0.4, 0.5) is 0 Å². The molecule has 2 rings (SSSR count). The van der Waals surface area contributed by atoms with E-state index >= 15 is 0 Å². The van der Waals surface area contributed by atoms with Gasteiger partial charge in [-0.15, -0.1) is 0 Å². The Morgan fingerprint density at radius 1 is 1.50 bits per heavy atom. The van der Waals surface area contributed by atoms with Crippen molar-refractivity contribution >= 4 is 5.97 Å². The highest BCUT2D eigenvalue weighted by Crippen LogP contribution is 2.34. The van der Waals surface area contributed by atoms with Gasteiger partial charge in [0.2, 0.25) is 0 Å². The fourth-order valence-electron chi connectivity index (χ4n) is 2.72. The van der Waals surface area contributed by atoms with Gasteiger partial charge in [-0.2, -0.15) is 0 Å². The van der Waals surface area contributed by atoms with E-state index in [1.165, 1.54) is 5.56 Å². The number of rotatable bonds is 6. The van der Waals surface area contributed by atoms with Gasteiger partial charge in [0.1, 0.15) is 5.75 Å². The maximum atomic E-state index is 11.1. The van der Waals surface area contributed by atoms with Gasteiger partial charge in [-0.3, -0.25) is 9.69 Å². The zero-order chi connectivity index (χ0) is 14.5. The molecule has 1 heterocycles. The van der Waals surface area contributed by atoms with Gasteiger partial charge in [-0.05, 0) is 31.4 Å². The number of aliphatic carboxylic acids is 1. The second-order valence-corrected chi connectivity index (χ2v) is 5.45. The van der Waals surface area contributed by atoms with Crippen LogP contribution in [0, 0.1) is 0 Å². The van der Waals surface area contributed by atoms with Gasteiger partial charge < -0.3 is 9.84 Å². The van der Waals surface area contributed by atoms with E-state index in [2.05, 4.69) is 24.8 Å². The van der Waals surface area contributed by atoms with Crippen molar-refractivity contribution in [3.05, 3.63) is 29.8 Å². The predicted molar refractivity (Wildman–Crippen MR) is 78.3 cm³/mol. The molecule has 0 aromatic heterocycles. The smallest absolute Gasteiger partial charge is 0.317 e. The van der Waals surface area contributed by atoms with Crippen LogP contribution >= 0.6 is 0 Å². The number of carbonyl (C=O) groups is 1. The van der Waals surface area contributed by atoms with Gasteiger partial charge in [-0.1, -0.05) is 25.1 Å². The molecule has 0 aliphatic carbocycles. The van der Waals surface area contributed by atoms with Gasteiger partial charge in [0.05, 0.1) is 13.2 Å². The van der Waals surface area contributed by atoms with Crippen LogP contribution in [0.3, 0.4) is 0 Å². The molecule has 20 heavy (non-hydrogen) atoms. The number of carboxylic acid groups (broad SMARTS) is 1. The Morgan fingerprint density at radius 3 is 2.95 bits per heavy atom. The van der Waals surface area contributed by atoms with Gasteiger partial charge in [-0.25, -0.2) is 0 Å². The third-order valence-corrected chi connectivity index (χ3v) is 4.09. The summed E-state index contributed by atoms with van der Waals surface area (Å²) in [5.41, 5.74) is 1.21. The van der Waals surface area contributed by atoms with Crippen LogP contribution in [0.5, 0.6) is 5.75 Å². The maximum absolute atomic E-state index is 11.1. The Bertz CT molecular complexity index is 461. The summed E-state index contributed by atoms with van der Waals surface area (Å²) in [6.45, 7) is 5.78. The van der Waals surface area contributed by atoms with E-state index in [4.69, 9.17) is 9.84 Å². The van der Waals surface area contributed by atoms with Crippen LogP contribution in [0.1, 0.15) is 38.2 Å². The van der Waals surface area contributed by atoms with Crippen LogP contribution in [0.15, 0.2) is 24.3 Å². The number of fused-ring (bicyclic) bond motifs is 1. The molecule has 2 atom stereocenters. The summed E-state index contributed by atoms with van der Waals surface area (Å²) in [6.07, 6.45) is 1.90. The molecule has 0 fully saturated rings. The largest absolute Gasteiger partial charge is 0.493 e. The molecule has 0 radical (unpaired) electrons. The summed E-state index contributed by atoms with van der Waals surface area (Å²) in [7, 11) is 0. The van der Waals surface area contributed by atoms with Gasteiger partial charge >= 0.3 is 5.97 Å². The summed E-state index contributed by atoms with van der Waals surface area (Å²) in [6, 6.07) is 8.36. The number of ether oxygens (including phenoxy) is 1. The zero-order valence-electron chi connectivity index (χ0n) is 12.2. The Balaban J connectivity index is 2.13. The van der Waals surface area contributed by atoms with Gasteiger partial charge in [0.15, 0.2) is 0 Å². The van der Waals surface area contributed by atoms with E-state index in [1.54, 1.807) is 0 Å². The quantitative estimate of drug-likeness (QED) is 0.868. The van der Waals surface area contributed by atoms with Gasteiger partial charge in [0, 0.05) is 18.5 Å². The molecule has 2 unspecified atom stereocenters. The molecule has 1 aliphatic rings. The highest BCUT2D eigenvalue weighted by Gasteiger charge is 2.25. The molecule has 4 heteroatoms. The molecule has 0 saturated heterocycles. The SMILES string of the molecule is CCC(C)N(CC(=O)O)CC1CCOc2ccccc21. The molecule has 1 aromatic rings. The molecular formula is C16H23NO3. The summed E-state index contributed by atoms with van der Waals surface area (Å²) < 4.78 is 5.67. The molecule has 1 aromatic carbocycles. The van der Waals surface area contributed by atoms with Crippen molar-refractivity contribution in [2.75, 3.05) is 19.7 Å². The van der Waals surface area contributed by atoms with Crippen molar-refractivity contribution in [1.82, 2.24) is 4.90 Å². The summed E-state index contributed by atoms with van der Waals surface area (Å²) in [5.74, 6) is 0.544. The van der Waals surface area contributed by atoms with E-state index in [1.807, 2.05) is 18.2 Å².